The summed E-state index contributed by atoms with van der Waals surface area (Å²) in [4.78, 5) is 16.1. The van der Waals surface area contributed by atoms with E-state index in [0.717, 1.165) is 5.56 Å². The molecule has 148 valence electrons. The first-order valence-corrected chi connectivity index (χ1v) is 11.7. The molecule has 2 amide bonds. The summed E-state index contributed by atoms with van der Waals surface area (Å²) in [5.74, 6) is -0.692. The first-order valence-electron chi connectivity index (χ1n) is 8.66. The Labute approximate surface area is 176 Å². The minimum Gasteiger partial charge on any atom is -0.314 e. The molecule has 2 aromatic rings. The molecule has 2 aliphatic heterocycles. The summed E-state index contributed by atoms with van der Waals surface area (Å²) in [5, 5.41) is 0.500. The molecule has 0 aliphatic carbocycles. The second kappa shape index (κ2) is 7.00. The van der Waals surface area contributed by atoms with E-state index >= 15 is 0 Å². The molecular weight excluding hydrogens is 471 g/mol. The number of carbonyl (C=O) groups is 1. The molecule has 0 radical (unpaired) electrons. The van der Waals surface area contributed by atoms with Crippen molar-refractivity contribution in [2.75, 3.05) is 16.4 Å². The maximum atomic E-state index is 14.3. The minimum absolute atomic E-state index is 0.00469. The Kier molecular flexibility index (Phi) is 4.92. The van der Waals surface area contributed by atoms with Gasteiger partial charge in [-0.2, -0.15) is 0 Å². The zero-order valence-electron chi connectivity index (χ0n) is 14.9. The van der Waals surface area contributed by atoms with E-state index in [2.05, 4.69) is 15.9 Å². The van der Waals surface area contributed by atoms with Gasteiger partial charge in [0, 0.05) is 20.7 Å². The number of sulfone groups is 1. The molecule has 9 heteroatoms. The van der Waals surface area contributed by atoms with E-state index in [9.17, 15) is 17.6 Å². The second-order valence-corrected chi connectivity index (χ2v) is 10.6. The molecule has 4 rings (SSSR count). The van der Waals surface area contributed by atoms with Crippen LogP contribution in [-0.4, -0.2) is 42.9 Å². The number of halogens is 3. The predicted octanol–water partition coefficient (Wildman–Crippen LogP) is 4.16. The number of carbonyl (C=O) groups excluding carboxylic acids is 1. The van der Waals surface area contributed by atoms with Crippen molar-refractivity contribution in [3.63, 3.8) is 0 Å². The van der Waals surface area contributed by atoms with E-state index < -0.39 is 27.7 Å². The largest absolute Gasteiger partial charge is 0.325 e. The van der Waals surface area contributed by atoms with Crippen molar-refractivity contribution in [2.45, 2.75) is 25.6 Å². The van der Waals surface area contributed by atoms with Crippen LogP contribution in [-0.2, 0) is 16.4 Å². The van der Waals surface area contributed by atoms with Crippen LogP contribution in [0.2, 0.25) is 5.02 Å². The second-order valence-electron chi connectivity index (χ2n) is 7.16. The molecule has 0 unspecified atom stereocenters. The zero-order valence-corrected chi connectivity index (χ0v) is 18.1. The Morgan fingerprint density at radius 1 is 1.18 bits per heavy atom. The van der Waals surface area contributed by atoms with Crippen LogP contribution in [0.5, 0.6) is 0 Å². The topological polar surface area (TPSA) is 57.7 Å². The molecule has 2 fully saturated rings. The molecule has 0 spiro atoms. The van der Waals surface area contributed by atoms with Gasteiger partial charge < -0.3 is 4.90 Å². The van der Waals surface area contributed by atoms with E-state index in [-0.39, 0.29) is 24.1 Å². The first-order chi connectivity index (χ1) is 13.2. The number of hydrogen-bond donors (Lipinski definition) is 0. The molecule has 0 N–H and O–H groups in total. The lowest BCUT2D eigenvalue weighted by Crippen LogP contribution is -2.37. The smallest absolute Gasteiger partial charge is 0.314 e. The number of anilines is 1. The van der Waals surface area contributed by atoms with Gasteiger partial charge in [0.05, 0.1) is 30.1 Å². The third-order valence-corrected chi connectivity index (χ3v) is 7.87. The number of rotatable bonds is 3. The van der Waals surface area contributed by atoms with Crippen molar-refractivity contribution in [1.82, 2.24) is 4.90 Å². The number of hydrogen-bond acceptors (Lipinski definition) is 3. The van der Waals surface area contributed by atoms with Crippen molar-refractivity contribution in [2.24, 2.45) is 0 Å². The van der Waals surface area contributed by atoms with Gasteiger partial charge in [-0.3, -0.25) is 4.90 Å². The van der Waals surface area contributed by atoms with Gasteiger partial charge in [-0.1, -0.05) is 39.7 Å². The fourth-order valence-corrected chi connectivity index (χ4v) is 6.29. The standard InChI is InChI=1S/C19H17BrClFN2O3S/c1-11-2-5-14(7-15(11)21)24-18-10-28(26,27)9-17(18)23(19(24)25)8-12-3-4-13(20)6-16(12)22/h2-7,17-18H,8-10H2,1H3/t17-,18+/m0/s1. The van der Waals surface area contributed by atoms with Crippen LogP contribution in [0, 0.1) is 12.7 Å². The van der Waals surface area contributed by atoms with Gasteiger partial charge in [0.2, 0.25) is 0 Å². The fraction of sp³-hybridized carbons (Fsp3) is 0.316. The van der Waals surface area contributed by atoms with E-state index in [0.29, 0.717) is 20.7 Å². The third kappa shape index (κ3) is 3.42. The first kappa shape index (κ1) is 19.7. The van der Waals surface area contributed by atoms with Crippen molar-refractivity contribution in [3.05, 3.63) is 62.8 Å². The number of nitrogens with zero attached hydrogens (tertiary/aromatic N) is 2. The Hall–Kier alpha value is -1.64. The average molecular weight is 488 g/mol. The summed E-state index contributed by atoms with van der Waals surface area (Å²) in [5.41, 5.74) is 1.75. The Balaban J connectivity index is 1.73. The van der Waals surface area contributed by atoms with E-state index in [1.807, 2.05) is 6.92 Å². The van der Waals surface area contributed by atoms with Crippen molar-refractivity contribution >= 4 is 49.1 Å². The molecule has 0 aromatic heterocycles. The summed E-state index contributed by atoms with van der Waals surface area (Å²) in [7, 11) is -3.30. The number of aryl methyl sites for hydroxylation is 1. The zero-order chi connectivity index (χ0) is 20.2. The quantitative estimate of drug-likeness (QED) is 0.611. The fourth-order valence-electron chi connectivity index (χ4n) is 3.83. The van der Waals surface area contributed by atoms with Crippen LogP contribution < -0.4 is 4.90 Å². The third-order valence-electron chi connectivity index (χ3n) is 5.27. The van der Waals surface area contributed by atoms with E-state index in [1.54, 1.807) is 30.3 Å². The summed E-state index contributed by atoms with van der Waals surface area (Å²) in [6.45, 7) is 1.86. The van der Waals surface area contributed by atoms with Gasteiger partial charge in [-0.25, -0.2) is 17.6 Å². The minimum atomic E-state index is -3.30. The highest BCUT2D eigenvalue weighted by Crippen LogP contribution is 2.37. The van der Waals surface area contributed by atoms with Gasteiger partial charge in [-0.15, -0.1) is 0 Å². The maximum absolute atomic E-state index is 14.3. The summed E-state index contributed by atoms with van der Waals surface area (Å²) in [6, 6.07) is 8.44. The summed E-state index contributed by atoms with van der Waals surface area (Å²) in [6.07, 6.45) is 0. The predicted molar refractivity (Wildman–Crippen MR) is 110 cm³/mol. The lowest BCUT2D eigenvalue weighted by Gasteiger charge is -2.23. The molecule has 2 aliphatic rings. The molecular formula is C19H17BrClFN2O3S. The lowest BCUT2D eigenvalue weighted by atomic mass is 10.1. The van der Waals surface area contributed by atoms with Crippen molar-refractivity contribution in [1.29, 1.82) is 0 Å². The molecule has 2 aromatic carbocycles. The molecule has 2 atom stereocenters. The van der Waals surface area contributed by atoms with Crippen LogP contribution >= 0.6 is 27.5 Å². The van der Waals surface area contributed by atoms with Gasteiger partial charge in [0.1, 0.15) is 5.82 Å². The summed E-state index contributed by atoms with van der Waals surface area (Å²) < 4.78 is 39.5. The van der Waals surface area contributed by atoms with Crippen LogP contribution in [0.1, 0.15) is 11.1 Å². The van der Waals surface area contributed by atoms with Crippen LogP contribution in [0.3, 0.4) is 0 Å². The van der Waals surface area contributed by atoms with Crippen LogP contribution in [0.25, 0.3) is 0 Å². The Bertz CT molecular complexity index is 1080. The number of urea groups is 1. The van der Waals surface area contributed by atoms with Gasteiger partial charge in [-0.05, 0) is 36.8 Å². The normalized spacial score (nSPS) is 23.4. The van der Waals surface area contributed by atoms with Crippen LogP contribution in [0.4, 0.5) is 14.9 Å². The van der Waals surface area contributed by atoms with Crippen molar-refractivity contribution in [3.8, 4) is 0 Å². The van der Waals surface area contributed by atoms with Crippen molar-refractivity contribution < 1.29 is 17.6 Å². The van der Waals surface area contributed by atoms with E-state index in [1.165, 1.54) is 15.9 Å². The number of benzene rings is 2. The Morgan fingerprint density at radius 2 is 1.89 bits per heavy atom. The highest BCUT2D eigenvalue weighted by atomic mass is 79.9. The highest BCUT2D eigenvalue weighted by Gasteiger charge is 2.53. The molecule has 28 heavy (non-hydrogen) atoms. The van der Waals surface area contributed by atoms with Crippen LogP contribution in [0.15, 0.2) is 40.9 Å². The SMILES string of the molecule is Cc1ccc(N2C(=O)N(Cc3ccc(Br)cc3F)[C@H]3CS(=O)(=O)C[C@H]32)cc1Cl. The van der Waals surface area contributed by atoms with Gasteiger partial charge in [0.25, 0.3) is 0 Å². The monoisotopic (exact) mass is 486 g/mol. The maximum Gasteiger partial charge on any atom is 0.325 e. The number of fused-ring (bicyclic) bond motifs is 1. The average Bonchev–Trinajstić information content (AvgIpc) is 3.03. The molecule has 0 bridgehead atoms. The lowest BCUT2D eigenvalue weighted by molar-refractivity contribution is 0.205. The van der Waals surface area contributed by atoms with E-state index in [4.69, 9.17) is 11.6 Å². The Morgan fingerprint density at radius 3 is 2.57 bits per heavy atom. The van der Waals surface area contributed by atoms with Gasteiger partial charge in [0.15, 0.2) is 9.84 Å². The molecule has 0 saturated carbocycles. The highest BCUT2D eigenvalue weighted by molar-refractivity contribution is 9.10. The molecule has 2 saturated heterocycles. The molecule has 2 heterocycles. The summed E-state index contributed by atoms with van der Waals surface area (Å²) >= 11 is 9.43. The number of amides is 2. The molecule has 5 nitrogen and oxygen atoms in total. The van der Waals surface area contributed by atoms with Gasteiger partial charge >= 0.3 is 6.03 Å².